The molecule has 6 atom stereocenters. The number of rotatable bonds is 7. The number of benzene rings is 2. The summed E-state index contributed by atoms with van der Waals surface area (Å²) in [6.45, 7) is 0.668. The van der Waals surface area contributed by atoms with Crippen molar-refractivity contribution in [1.29, 1.82) is 0 Å². The van der Waals surface area contributed by atoms with Crippen LogP contribution in [0.2, 0.25) is 0 Å². The molecule has 0 saturated carbocycles. The van der Waals surface area contributed by atoms with E-state index in [4.69, 9.17) is 30.1 Å². The molecular weight excluding hydrogens is 396 g/mol. The lowest BCUT2D eigenvalue weighted by Crippen LogP contribution is -2.60. The zero-order chi connectivity index (χ0) is 21.6. The molecule has 0 N–H and O–H groups in total. The Labute approximate surface area is 182 Å². The molecule has 4 rings (SSSR count). The zero-order valence-electron chi connectivity index (χ0n) is 17.4. The van der Waals surface area contributed by atoms with Crippen LogP contribution in [0.1, 0.15) is 23.8 Å². The molecule has 0 spiro atoms. The van der Waals surface area contributed by atoms with Crippen molar-refractivity contribution in [2.45, 2.75) is 43.9 Å². The van der Waals surface area contributed by atoms with Crippen LogP contribution in [0, 0.1) is 18.3 Å². The molecule has 0 aliphatic carbocycles. The van der Waals surface area contributed by atoms with Crippen LogP contribution in [-0.4, -0.2) is 44.1 Å². The number of fused-ring (bicyclic) bond motifs is 1. The predicted molar refractivity (Wildman–Crippen MR) is 113 cm³/mol. The first-order chi connectivity index (χ1) is 15.2. The maximum absolute atomic E-state index is 12.3. The van der Waals surface area contributed by atoms with Gasteiger partial charge < -0.3 is 23.7 Å². The molecule has 0 aromatic heterocycles. The summed E-state index contributed by atoms with van der Waals surface area (Å²) in [7, 11) is 1.56. The van der Waals surface area contributed by atoms with Crippen LogP contribution < -0.4 is 0 Å². The maximum Gasteiger partial charge on any atom is 0.205 e. The third kappa shape index (κ3) is 5.04. The molecule has 2 aliphatic rings. The fraction of sp³-hybridized carbons (Fsp3) is 0.400. The lowest BCUT2D eigenvalue weighted by molar-refractivity contribution is -0.355. The largest absolute Gasteiger partial charge is 0.368 e. The van der Waals surface area contributed by atoms with Crippen molar-refractivity contribution >= 4 is 5.78 Å². The van der Waals surface area contributed by atoms with Crippen LogP contribution >= 0.6 is 0 Å². The molecule has 2 fully saturated rings. The van der Waals surface area contributed by atoms with Gasteiger partial charge in [-0.2, -0.15) is 0 Å². The number of hydrogen-bond acceptors (Lipinski definition) is 6. The summed E-state index contributed by atoms with van der Waals surface area (Å²) in [5.41, 5.74) is 1.91. The van der Waals surface area contributed by atoms with Crippen LogP contribution in [0.4, 0.5) is 0 Å². The van der Waals surface area contributed by atoms with Gasteiger partial charge in [0.25, 0.3) is 0 Å². The quantitative estimate of drug-likeness (QED) is 0.504. The second-order valence-corrected chi connectivity index (χ2v) is 7.65. The summed E-state index contributed by atoms with van der Waals surface area (Å²) in [5.74, 6) is 1.57. The minimum absolute atomic E-state index is 0.113. The van der Waals surface area contributed by atoms with Crippen LogP contribution in [0.25, 0.3) is 0 Å². The van der Waals surface area contributed by atoms with Gasteiger partial charge in [-0.05, 0) is 11.5 Å². The van der Waals surface area contributed by atoms with Crippen LogP contribution in [0.15, 0.2) is 60.7 Å². The van der Waals surface area contributed by atoms with Gasteiger partial charge in [-0.3, -0.25) is 4.79 Å². The van der Waals surface area contributed by atoms with E-state index in [9.17, 15) is 4.79 Å². The fourth-order valence-electron chi connectivity index (χ4n) is 4.13. The molecule has 2 aromatic carbocycles. The van der Waals surface area contributed by atoms with Crippen molar-refractivity contribution in [3.63, 3.8) is 0 Å². The summed E-state index contributed by atoms with van der Waals surface area (Å²) >= 11 is 0. The summed E-state index contributed by atoms with van der Waals surface area (Å²) < 4.78 is 30.1. The second-order valence-electron chi connectivity index (χ2n) is 7.65. The van der Waals surface area contributed by atoms with Gasteiger partial charge >= 0.3 is 0 Å². The number of ether oxygens (including phenoxy) is 5. The highest BCUT2D eigenvalue weighted by atomic mass is 16.7. The minimum Gasteiger partial charge on any atom is -0.368 e. The molecule has 2 aliphatic heterocycles. The molecule has 162 valence electrons. The van der Waals surface area contributed by atoms with Crippen molar-refractivity contribution in [3.8, 4) is 12.3 Å². The highest BCUT2D eigenvalue weighted by Gasteiger charge is 2.51. The van der Waals surface area contributed by atoms with Crippen molar-refractivity contribution in [3.05, 3.63) is 71.8 Å². The molecule has 0 radical (unpaired) electrons. The lowest BCUT2D eigenvalue weighted by atomic mass is 9.84. The van der Waals surface area contributed by atoms with E-state index in [1.54, 1.807) is 7.11 Å². The molecule has 2 heterocycles. The molecule has 6 nitrogen and oxygen atoms in total. The lowest BCUT2D eigenvalue weighted by Gasteiger charge is -2.49. The normalized spacial score (nSPS) is 30.2. The van der Waals surface area contributed by atoms with Gasteiger partial charge in [-0.25, -0.2) is 0 Å². The SMILES string of the molecule is C#CC(=O)C[C@H]1[C@H](OCc2ccccc2)[C@@H](OC)O[C@@H]2CO[C@@H](c3ccccc3)O[C@@H]12. The Morgan fingerprint density at radius 2 is 1.81 bits per heavy atom. The topological polar surface area (TPSA) is 63.2 Å². The third-order valence-electron chi connectivity index (χ3n) is 5.65. The number of terminal acetylenes is 1. The highest BCUT2D eigenvalue weighted by Crippen LogP contribution is 2.40. The number of carbonyl (C=O) groups excluding carboxylic acids is 1. The molecule has 6 heteroatoms. The first-order valence-corrected chi connectivity index (χ1v) is 10.3. The van der Waals surface area contributed by atoms with E-state index in [1.165, 1.54) is 0 Å². The number of hydrogen-bond donors (Lipinski definition) is 0. The molecule has 0 bridgehead atoms. The van der Waals surface area contributed by atoms with Crippen molar-refractivity contribution in [1.82, 2.24) is 0 Å². The highest BCUT2D eigenvalue weighted by molar-refractivity contribution is 5.95. The van der Waals surface area contributed by atoms with Gasteiger partial charge in [0, 0.05) is 25.0 Å². The van der Waals surface area contributed by atoms with E-state index in [-0.39, 0.29) is 18.1 Å². The minimum atomic E-state index is -0.666. The van der Waals surface area contributed by atoms with Gasteiger partial charge in [0.1, 0.15) is 12.2 Å². The molecule has 2 aromatic rings. The average Bonchev–Trinajstić information content (AvgIpc) is 2.83. The summed E-state index contributed by atoms with van der Waals surface area (Å²) in [6.07, 6.45) is 2.93. The van der Waals surface area contributed by atoms with E-state index < -0.39 is 30.9 Å². The number of carbonyl (C=O) groups is 1. The first kappa shape index (κ1) is 21.7. The predicted octanol–water partition coefficient (Wildman–Crippen LogP) is 3.27. The molecule has 0 unspecified atom stereocenters. The summed E-state index contributed by atoms with van der Waals surface area (Å²) in [6, 6.07) is 19.5. The van der Waals surface area contributed by atoms with Gasteiger partial charge in [-0.1, -0.05) is 60.7 Å². The van der Waals surface area contributed by atoms with E-state index >= 15 is 0 Å². The van der Waals surface area contributed by atoms with Gasteiger partial charge in [-0.15, -0.1) is 6.42 Å². The standard InChI is InChI=1S/C25H26O6/c1-3-19(26)14-20-22-21(16-29-24(31-22)18-12-8-5-9-13-18)30-25(27-2)23(20)28-15-17-10-6-4-7-11-17/h1,4-13,20-25H,14-16H2,2H3/t20-,21-,22+,23+,24-,25+/m1/s1. The van der Waals surface area contributed by atoms with E-state index in [1.807, 2.05) is 60.7 Å². The molecule has 2 saturated heterocycles. The number of methoxy groups -OCH3 is 1. The fourth-order valence-corrected chi connectivity index (χ4v) is 4.13. The van der Waals surface area contributed by atoms with Crippen molar-refractivity contribution < 1.29 is 28.5 Å². The third-order valence-corrected chi connectivity index (χ3v) is 5.65. The number of ketones is 1. The second kappa shape index (κ2) is 10.2. The maximum atomic E-state index is 12.3. The molecule has 31 heavy (non-hydrogen) atoms. The van der Waals surface area contributed by atoms with Gasteiger partial charge in [0.05, 0.1) is 19.3 Å². The Morgan fingerprint density at radius 3 is 2.48 bits per heavy atom. The average molecular weight is 422 g/mol. The Morgan fingerprint density at radius 1 is 1.10 bits per heavy atom. The van der Waals surface area contributed by atoms with Crippen LogP contribution in [0.3, 0.4) is 0 Å². The Hall–Kier alpha value is -2.53. The number of Topliss-reactive ketones (excluding diaryl/α,β-unsaturated/α-hetero) is 1. The Balaban J connectivity index is 1.58. The summed E-state index contributed by atoms with van der Waals surface area (Å²) in [4.78, 5) is 12.3. The smallest absolute Gasteiger partial charge is 0.205 e. The van der Waals surface area contributed by atoms with Crippen molar-refractivity contribution in [2.24, 2.45) is 5.92 Å². The Bertz CT molecular complexity index is 887. The van der Waals surface area contributed by atoms with Crippen molar-refractivity contribution in [2.75, 3.05) is 13.7 Å². The Kier molecular flexibility index (Phi) is 7.13. The zero-order valence-corrected chi connectivity index (χ0v) is 17.4. The van der Waals surface area contributed by atoms with E-state index in [0.29, 0.717) is 13.2 Å². The van der Waals surface area contributed by atoms with E-state index in [2.05, 4.69) is 5.92 Å². The molecule has 0 amide bonds. The van der Waals surface area contributed by atoms with Gasteiger partial charge in [0.15, 0.2) is 12.6 Å². The monoisotopic (exact) mass is 422 g/mol. The summed E-state index contributed by atoms with van der Waals surface area (Å²) in [5, 5.41) is 0. The van der Waals surface area contributed by atoms with Crippen LogP contribution in [-0.2, 0) is 35.1 Å². The van der Waals surface area contributed by atoms with Gasteiger partial charge in [0.2, 0.25) is 5.78 Å². The molecular formula is C25H26O6. The first-order valence-electron chi connectivity index (χ1n) is 10.3. The van der Waals surface area contributed by atoms with E-state index in [0.717, 1.165) is 11.1 Å². The van der Waals surface area contributed by atoms with Crippen LogP contribution in [0.5, 0.6) is 0 Å².